The van der Waals surface area contributed by atoms with Gasteiger partial charge in [-0.05, 0) is 18.3 Å². The normalized spacial score (nSPS) is 19.0. The Morgan fingerprint density at radius 1 is 1.33 bits per heavy atom. The molecule has 0 radical (unpaired) electrons. The number of esters is 1. The molecule has 3 heteroatoms. The Hall–Kier alpha value is -0.860. The van der Waals surface area contributed by atoms with E-state index >= 15 is 0 Å². The van der Waals surface area contributed by atoms with E-state index in [0.717, 1.165) is 0 Å². The van der Waals surface area contributed by atoms with E-state index in [1.807, 2.05) is 20.8 Å². The van der Waals surface area contributed by atoms with E-state index in [0.29, 0.717) is 32.1 Å². The molecule has 1 fully saturated rings. The van der Waals surface area contributed by atoms with E-state index in [1.54, 1.807) is 0 Å². The van der Waals surface area contributed by atoms with Gasteiger partial charge in [0, 0.05) is 12.8 Å². The van der Waals surface area contributed by atoms with Gasteiger partial charge < -0.3 is 4.74 Å². The summed E-state index contributed by atoms with van der Waals surface area (Å²) in [5, 5.41) is 0. The third kappa shape index (κ3) is 4.96. The van der Waals surface area contributed by atoms with Crippen molar-refractivity contribution in [3.05, 3.63) is 0 Å². The second kappa shape index (κ2) is 4.77. The van der Waals surface area contributed by atoms with Crippen LogP contribution in [0.3, 0.4) is 0 Å². The minimum Gasteiger partial charge on any atom is -0.462 e. The predicted octanol–water partition coefficient (Wildman–Crippen LogP) is 2.48. The molecule has 0 saturated heterocycles. The molecule has 1 saturated carbocycles. The van der Waals surface area contributed by atoms with Crippen LogP contribution in [0, 0.1) is 5.41 Å². The Balaban J connectivity index is 2.29. The van der Waals surface area contributed by atoms with Gasteiger partial charge in [0.2, 0.25) is 0 Å². The maximum Gasteiger partial charge on any atom is 0.306 e. The Bertz CT molecular complexity index is 240. The minimum absolute atomic E-state index is 0.0262. The van der Waals surface area contributed by atoms with Crippen LogP contribution in [0.1, 0.15) is 52.9 Å². The van der Waals surface area contributed by atoms with Crippen LogP contribution in [-0.4, -0.2) is 17.9 Å². The molecule has 0 aliphatic heterocycles. The summed E-state index contributed by atoms with van der Waals surface area (Å²) in [4.78, 5) is 22.5. The number of rotatable bonds is 2. The quantitative estimate of drug-likeness (QED) is 0.660. The van der Waals surface area contributed by atoms with Crippen LogP contribution in [0.5, 0.6) is 0 Å². The fraction of sp³-hybridized carbons (Fsp3) is 0.833. The van der Waals surface area contributed by atoms with Gasteiger partial charge in [-0.25, -0.2) is 0 Å². The van der Waals surface area contributed by atoms with Gasteiger partial charge in [-0.15, -0.1) is 0 Å². The zero-order valence-corrected chi connectivity index (χ0v) is 9.84. The number of carbonyl (C=O) groups excluding carboxylic acids is 2. The van der Waals surface area contributed by atoms with Gasteiger partial charge in [-0.1, -0.05) is 20.8 Å². The van der Waals surface area contributed by atoms with Crippen LogP contribution < -0.4 is 0 Å². The molecule has 0 N–H and O–H groups in total. The lowest BCUT2D eigenvalue weighted by molar-refractivity contribution is -0.153. The number of Topliss-reactive ketones (excluding diaryl/α,β-unsaturated/α-hetero) is 1. The van der Waals surface area contributed by atoms with Gasteiger partial charge in [0.1, 0.15) is 11.9 Å². The van der Waals surface area contributed by atoms with Crippen LogP contribution in [0.15, 0.2) is 0 Å². The third-order valence-electron chi connectivity index (χ3n) is 2.46. The smallest absolute Gasteiger partial charge is 0.306 e. The first kappa shape index (κ1) is 12.2. The lowest BCUT2D eigenvalue weighted by atomic mass is 9.92. The van der Waals surface area contributed by atoms with Crippen LogP contribution in [-0.2, 0) is 14.3 Å². The zero-order chi connectivity index (χ0) is 11.5. The van der Waals surface area contributed by atoms with Crippen molar-refractivity contribution in [2.75, 3.05) is 0 Å². The third-order valence-corrected chi connectivity index (χ3v) is 2.46. The summed E-state index contributed by atoms with van der Waals surface area (Å²) in [5.41, 5.74) is -0.0262. The first-order valence-corrected chi connectivity index (χ1v) is 5.58. The second-order valence-electron chi connectivity index (χ2n) is 5.47. The van der Waals surface area contributed by atoms with E-state index in [2.05, 4.69) is 0 Å². The maximum atomic E-state index is 11.5. The molecule has 0 aromatic heterocycles. The molecule has 1 aliphatic rings. The van der Waals surface area contributed by atoms with Crippen molar-refractivity contribution in [3.63, 3.8) is 0 Å². The van der Waals surface area contributed by atoms with Crippen LogP contribution in [0.2, 0.25) is 0 Å². The molecule has 0 spiro atoms. The van der Waals surface area contributed by atoms with Gasteiger partial charge in [0.25, 0.3) is 0 Å². The predicted molar refractivity (Wildman–Crippen MR) is 57.4 cm³/mol. The van der Waals surface area contributed by atoms with Crippen LogP contribution >= 0.6 is 0 Å². The number of hydrogen-bond donors (Lipinski definition) is 0. The van der Waals surface area contributed by atoms with E-state index in [4.69, 9.17) is 4.74 Å². The summed E-state index contributed by atoms with van der Waals surface area (Å²) < 4.78 is 5.32. The van der Waals surface area contributed by atoms with Gasteiger partial charge >= 0.3 is 5.97 Å². The molecule has 0 heterocycles. The molecular weight excluding hydrogens is 192 g/mol. The van der Waals surface area contributed by atoms with E-state index in [9.17, 15) is 9.59 Å². The molecule has 0 aromatic rings. The lowest BCUT2D eigenvalue weighted by Gasteiger charge is -2.23. The van der Waals surface area contributed by atoms with Gasteiger partial charge in [0.05, 0.1) is 6.42 Å². The number of ether oxygens (including phenoxy) is 1. The fourth-order valence-electron chi connectivity index (χ4n) is 1.69. The Morgan fingerprint density at radius 3 is 2.33 bits per heavy atom. The molecular formula is C12H20O3. The standard InChI is InChI=1S/C12H20O3/c1-12(2,3)8-11(14)15-10-6-4-9(13)5-7-10/h10H,4-8H2,1-3H3. The zero-order valence-electron chi connectivity index (χ0n) is 9.84. The van der Waals surface area contributed by atoms with Crippen LogP contribution in [0.4, 0.5) is 0 Å². The molecule has 1 rings (SSSR count). The summed E-state index contributed by atoms with van der Waals surface area (Å²) in [6, 6.07) is 0. The highest BCUT2D eigenvalue weighted by atomic mass is 16.5. The molecule has 86 valence electrons. The van der Waals surface area contributed by atoms with Gasteiger partial charge in [-0.2, -0.15) is 0 Å². The highest BCUT2D eigenvalue weighted by Crippen LogP contribution is 2.22. The molecule has 0 atom stereocenters. The van der Waals surface area contributed by atoms with E-state index in [1.165, 1.54) is 0 Å². The summed E-state index contributed by atoms with van der Waals surface area (Å²) in [7, 11) is 0. The topological polar surface area (TPSA) is 43.4 Å². The second-order valence-corrected chi connectivity index (χ2v) is 5.47. The molecule has 0 amide bonds. The number of carbonyl (C=O) groups is 2. The highest BCUT2D eigenvalue weighted by molar-refractivity contribution is 5.79. The first-order chi connectivity index (χ1) is 6.87. The monoisotopic (exact) mass is 212 g/mol. The van der Waals surface area contributed by atoms with Crippen molar-refractivity contribution < 1.29 is 14.3 Å². The van der Waals surface area contributed by atoms with Crippen LogP contribution in [0.25, 0.3) is 0 Å². The number of hydrogen-bond acceptors (Lipinski definition) is 3. The maximum absolute atomic E-state index is 11.5. The van der Waals surface area contributed by atoms with E-state index < -0.39 is 0 Å². The molecule has 0 bridgehead atoms. The molecule has 1 aliphatic carbocycles. The average Bonchev–Trinajstić information content (AvgIpc) is 2.05. The van der Waals surface area contributed by atoms with Crippen molar-refractivity contribution in [2.45, 2.75) is 59.0 Å². The summed E-state index contributed by atoms with van der Waals surface area (Å²) in [6.45, 7) is 6.04. The highest BCUT2D eigenvalue weighted by Gasteiger charge is 2.24. The summed E-state index contributed by atoms with van der Waals surface area (Å²) >= 11 is 0. The summed E-state index contributed by atoms with van der Waals surface area (Å²) in [6.07, 6.45) is 2.94. The first-order valence-electron chi connectivity index (χ1n) is 5.58. The molecule has 0 unspecified atom stereocenters. The van der Waals surface area contributed by atoms with Gasteiger partial charge in [0.15, 0.2) is 0 Å². The van der Waals surface area contributed by atoms with Crippen molar-refractivity contribution in [1.82, 2.24) is 0 Å². The van der Waals surface area contributed by atoms with Crippen molar-refractivity contribution in [3.8, 4) is 0 Å². The average molecular weight is 212 g/mol. The Kier molecular flexibility index (Phi) is 3.89. The SMILES string of the molecule is CC(C)(C)CC(=O)OC1CCC(=O)CC1. The Morgan fingerprint density at radius 2 is 1.87 bits per heavy atom. The lowest BCUT2D eigenvalue weighted by Crippen LogP contribution is -2.26. The molecule has 15 heavy (non-hydrogen) atoms. The van der Waals surface area contributed by atoms with Crippen molar-refractivity contribution >= 4 is 11.8 Å². The molecule has 0 aromatic carbocycles. The Labute approximate surface area is 91.2 Å². The largest absolute Gasteiger partial charge is 0.462 e. The minimum atomic E-state index is -0.137. The van der Waals surface area contributed by atoms with E-state index in [-0.39, 0.29) is 23.3 Å². The van der Waals surface area contributed by atoms with Crippen molar-refractivity contribution in [2.24, 2.45) is 5.41 Å². The fourth-order valence-corrected chi connectivity index (χ4v) is 1.69. The summed E-state index contributed by atoms with van der Waals surface area (Å²) in [5.74, 6) is 0.153. The van der Waals surface area contributed by atoms with Crippen molar-refractivity contribution in [1.29, 1.82) is 0 Å². The van der Waals surface area contributed by atoms with Gasteiger partial charge in [-0.3, -0.25) is 9.59 Å². The number of ketones is 1. The molecule has 3 nitrogen and oxygen atoms in total.